The summed E-state index contributed by atoms with van der Waals surface area (Å²) in [6.07, 6.45) is 1.62. The minimum atomic E-state index is -0.707. The van der Waals surface area contributed by atoms with Gasteiger partial charge in [0.15, 0.2) is 0 Å². The summed E-state index contributed by atoms with van der Waals surface area (Å²) in [6, 6.07) is 21.5. The van der Waals surface area contributed by atoms with Crippen molar-refractivity contribution in [2.24, 2.45) is 0 Å². The van der Waals surface area contributed by atoms with Gasteiger partial charge in [0.05, 0.1) is 19.8 Å². The zero-order valence-electron chi connectivity index (χ0n) is 22.7. The van der Waals surface area contributed by atoms with Gasteiger partial charge in [-0.3, -0.25) is 9.63 Å². The van der Waals surface area contributed by atoms with Crippen molar-refractivity contribution in [1.82, 2.24) is 10.8 Å². The molecule has 0 saturated heterocycles. The van der Waals surface area contributed by atoms with E-state index in [1.165, 1.54) is 24.3 Å². The van der Waals surface area contributed by atoms with Gasteiger partial charge in [-0.2, -0.15) is 5.48 Å². The number of hydrogen-bond donors (Lipinski definition) is 2. The highest BCUT2D eigenvalue weighted by Crippen LogP contribution is 2.26. The van der Waals surface area contributed by atoms with Crippen LogP contribution in [0.1, 0.15) is 46.7 Å². The topological polar surface area (TPSA) is 95.1 Å². The molecular formula is C31H36N2O6. The van der Waals surface area contributed by atoms with Crippen molar-refractivity contribution in [3.63, 3.8) is 0 Å². The maximum atomic E-state index is 12.9. The molecule has 2 N–H and O–H groups in total. The Morgan fingerprint density at radius 2 is 1.59 bits per heavy atom. The summed E-state index contributed by atoms with van der Waals surface area (Å²) < 4.78 is 16.0. The van der Waals surface area contributed by atoms with E-state index < -0.39 is 6.09 Å². The molecule has 8 nitrogen and oxygen atoms in total. The largest absolute Gasteiger partial charge is 0.496 e. The third kappa shape index (κ3) is 9.50. The lowest BCUT2D eigenvalue weighted by Crippen LogP contribution is -2.29. The number of carbonyl (C=O) groups is 2. The monoisotopic (exact) mass is 532 g/mol. The number of methoxy groups -OCH3 is 1. The Morgan fingerprint density at radius 1 is 0.949 bits per heavy atom. The van der Waals surface area contributed by atoms with Crippen LogP contribution in [-0.2, 0) is 21.0 Å². The molecule has 0 bridgehead atoms. The molecule has 206 valence electrons. The molecule has 0 aliphatic rings. The Labute approximate surface area is 229 Å². The number of amides is 2. The van der Waals surface area contributed by atoms with Gasteiger partial charge < -0.3 is 19.5 Å². The second kappa shape index (κ2) is 15.2. The van der Waals surface area contributed by atoms with Gasteiger partial charge in [0, 0.05) is 18.1 Å². The van der Waals surface area contributed by atoms with E-state index in [4.69, 9.17) is 19.0 Å². The fraction of sp³-hybridized carbons (Fsp3) is 0.290. The van der Waals surface area contributed by atoms with E-state index in [0.29, 0.717) is 36.5 Å². The Kier molecular flexibility index (Phi) is 11.4. The summed E-state index contributed by atoms with van der Waals surface area (Å²) in [7, 11) is 1.54. The number of nitrogens with one attached hydrogen (secondary N) is 2. The second-order valence-electron chi connectivity index (χ2n) is 9.03. The van der Waals surface area contributed by atoms with Gasteiger partial charge in [0.25, 0.3) is 0 Å². The van der Waals surface area contributed by atoms with Gasteiger partial charge in [-0.25, -0.2) is 4.79 Å². The van der Waals surface area contributed by atoms with Crippen LogP contribution < -0.4 is 20.3 Å². The van der Waals surface area contributed by atoms with Crippen molar-refractivity contribution in [2.75, 3.05) is 20.3 Å². The van der Waals surface area contributed by atoms with Crippen molar-refractivity contribution in [1.29, 1.82) is 0 Å². The molecule has 39 heavy (non-hydrogen) atoms. The molecule has 0 saturated carbocycles. The molecule has 0 atom stereocenters. The van der Waals surface area contributed by atoms with Crippen LogP contribution >= 0.6 is 0 Å². The second-order valence-corrected chi connectivity index (χ2v) is 9.03. The molecule has 2 amide bonds. The van der Waals surface area contributed by atoms with Crippen molar-refractivity contribution in [2.45, 2.75) is 39.3 Å². The van der Waals surface area contributed by atoms with Gasteiger partial charge in [-0.15, -0.1) is 0 Å². The number of benzene rings is 3. The molecule has 3 aromatic carbocycles. The first-order chi connectivity index (χ1) is 18.9. The van der Waals surface area contributed by atoms with Crippen LogP contribution in [0.4, 0.5) is 4.79 Å². The first kappa shape index (κ1) is 29.3. The van der Waals surface area contributed by atoms with Crippen molar-refractivity contribution >= 4 is 12.0 Å². The Hall–Kier alpha value is -4.30. The highest BCUT2D eigenvalue weighted by atomic mass is 16.7. The van der Waals surface area contributed by atoms with Crippen LogP contribution in [0, 0.1) is 13.8 Å². The summed E-state index contributed by atoms with van der Waals surface area (Å²) in [5.74, 6) is 1.10. The number of rotatable bonds is 14. The number of aryl methyl sites for hydroxylation is 2. The Balaban J connectivity index is 1.49. The third-order valence-corrected chi connectivity index (χ3v) is 5.92. The van der Waals surface area contributed by atoms with Crippen LogP contribution in [-0.4, -0.2) is 32.3 Å². The highest BCUT2D eigenvalue weighted by Gasteiger charge is 2.17. The van der Waals surface area contributed by atoms with E-state index in [9.17, 15) is 9.59 Å². The molecule has 8 heteroatoms. The van der Waals surface area contributed by atoms with Crippen LogP contribution in [0.2, 0.25) is 0 Å². The van der Waals surface area contributed by atoms with Gasteiger partial charge in [-0.1, -0.05) is 72.3 Å². The van der Waals surface area contributed by atoms with E-state index in [-0.39, 0.29) is 25.2 Å². The summed E-state index contributed by atoms with van der Waals surface area (Å²) in [4.78, 5) is 29.5. The zero-order valence-corrected chi connectivity index (χ0v) is 22.7. The zero-order chi connectivity index (χ0) is 28.0. The van der Waals surface area contributed by atoms with Gasteiger partial charge in [-0.05, 0) is 43.5 Å². The molecule has 0 aromatic heterocycles. The predicted molar refractivity (Wildman–Crippen MR) is 150 cm³/mol. The molecule has 0 heterocycles. The first-order valence-electron chi connectivity index (χ1n) is 12.8. The average Bonchev–Trinajstić information content (AvgIpc) is 2.94. The van der Waals surface area contributed by atoms with Gasteiger partial charge in [0.2, 0.25) is 5.91 Å². The Morgan fingerprint density at radius 3 is 2.18 bits per heavy atom. The Bertz CT molecular complexity index is 1180. The lowest BCUT2D eigenvalue weighted by molar-refractivity contribution is -0.121. The van der Waals surface area contributed by atoms with Crippen LogP contribution in [0.3, 0.4) is 0 Å². The normalized spacial score (nSPS) is 10.6. The van der Waals surface area contributed by atoms with E-state index in [0.717, 1.165) is 11.1 Å². The quantitative estimate of drug-likeness (QED) is 0.157. The standard InChI is InChI=1S/C31H36N2O6/c1-5-18-38-31(35)33-39-21-26-16-17-27(20-28(26)36-4)37-19-6-7-29(34)32-30(24-12-8-22(2)9-13-24)25-14-10-23(3)11-15-25/h5,8-17,20,30H,1,6-7,18-19,21H2,2-4H3,(H,32,34)(H,33,35). The lowest BCUT2D eigenvalue weighted by Gasteiger charge is -2.20. The smallest absolute Gasteiger partial charge is 0.431 e. The minimum Gasteiger partial charge on any atom is -0.496 e. The number of hydrogen-bond acceptors (Lipinski definition) is 6. The van der Waals surface area contributed by atoms with E-state index in [1.54, 1.807) is 18.2 Å². The summed E-state index contributed by atoms with van der Waals surface area (Å²) >= 11 is 0. The molecule has 3 rings (SSSR count). The summed E-state index contributed by atoms with van der Waals surface area (Å²) in [5.41, 5.74) is 7.31. The SMILES string of the molecule is C=CCOC(=O)NOCc1ccc(OCCCC(=O)NC(c2ccc(C)cc2)c2ccc(C)cc2)cc1OC. The fourth-order valence-corrected chi connectivity index (χ4v) is 3.80. The van der Waals surface area contributed by atoms with E-state index in [1.807, 2.05) is 13.8 Å². The molecule has 0 fully saturated rings. The minimum absolute atomic E-state index is 0.0473. The maximum absolute atomic E-state index is 12.9. The van der Waals surface area contributed by atoms with E-state index >= 15 is 0 Å². The molecular weight excluding hydrogens is 496 g/mol. The van der Waals surface area contributed by atoms with Gasteiger partial charge >= 0.3 is 6.09 Å². The van der Waals surface area contributed by atoms with Crippen LogP contribution in [0.25, 0.3) is 0 Å². The van der Waals surface area contributed by atoms with Gasteiger partial charge in [0.1, 0.15) is 24.7 Å². The molecule has 0 radical (unpaired) electrons. The number of ether oxygens (including phenoxy) is 3. The predicted octanol–water partition coefficient (Wildman–Crippen LogP) is 5.72. The molecule has 0 aliphatic carbocycles. The summed E-state index contributed by atoms with van der Waals surface area (Å²) in [6.45, 7) is 8.09. The van der Waals surface area contributed by atoms with Crippen molar-refractivity contribution < 1.29 is 28.6 Å². The highest BCUT2D eigenvalue weighted by molar-refractivity contribution is 5.77. The van der Waals surface area contributed by atoms with E-state index in [2.05, 4.69) is 65.9 Å². The van der Waals surface area contributed by atoms with Crippen molar-refractivity contribution in [3.05, 3.63) is 107 Å². The average molecular weight is 533 g/mol. The van der Waals surface area contributed by atoms with Crippen LogP contribution in [0.15, 0.2) is 79.4 Å². The summed E-state index contributed by atoms with van der Waals surface area (Å²) in [5, 5.41) is 3.18. The molecule has 0 spiro atoms. The molecule has 0 unspecified atom stereocenters. The number of hydroxylamine groups is 1. The number of carbonyl (C=O) groups excluding carboxylic acids is 2. The molecule has 0 aliphatic heterocycles. The molecule has 3 aromatic rings. The first-order valence-corrected chi connectivity index (χ1v) is 12.8. The fourth-order valence-electron chi connectivity index (χ4n) is 3.80. The van der Waals surface area contributed by atoms with Crippen molar-refractivity contribution in [3.8, 4) is 11.5 Å². The lowest BCUT2D eigenvalue weighted by atomic mass is 9.97. The third-order valence-electron chi connectivity index (χ3n) is 5.92. The van der Waals surface area contributed by atoms with Crippen LogP contribution in [0.5, 0.6) is 11.5 Å². The maximum Gasteiger partial charge on any atom is 0.431 e.